The third kappa shape index (κ3) is 5.33. The van der Waals surface area contributed by atoms with Gasteiger partial charge in [-0.15, -0.1) is 0 Å². The first-order valence-corrected chi connectivity index (χ1v) is 8.44. The van der Waals surface area contributed by atoms with E-state index < -0.39 is 10.1 Å². The average Bonchev–Trinajstić information content (AvgIpc) is 2.48. The smallest absolute Gasteiger partial charge is 0.282 e. The number of aryl methyl sites for hydroxylation is 2. The van der Waals surface area contributed by atoms with Gasteiger partial charge in [0.05, 0.1) is 4.90 Å². The summed E-state index contributed by atoms with van der Waals surface area (Å²) in [4.78, 5) is 0.00634. The summed E-state index contributed by atoms with van der Waals surface area (Å²) in [7, 11) is -4.07. The lowest BCUT2D eigenvalue weighted by Crippen LogP contribution is -2.02. The first-order valence-electron chi connectivity index (χ1n) is 7.00. The van der Waals surface area contributed by atoms with Gasteiger partial charge in [-0.3, -0.25) is 4.55 Å². The van der Waals surface area contributed by atoms with Crippen molar-refractivity contribution in [3.05, 3.63) is 65.2 Å². The molecule has 2 rings (SSSR count). The maximum absolute atomic E-state index is 10.9. The largest absolute Gasteiger partial charge is 0.294 e. The number of rotatable bonds is 3. The van der Waals surface area contributed by atoms with Crippen LogP contribution in [0.1, 0.15) is 30.5 Å². The van der Waals surface area contributed by atoms with E-state index in [-0.39, 0.29) is 4.90 Å². The quantitative estimate of drug-likeness (QED) is 0.870. The highest BCUT2D eigenvalue weighted by molar-refractivity contribution is 7.85. The van der Waals surface area contributed by atoms with Crippen molar-refractivity contribution in [1.29, 1.82) is 0 Å². The highest BCUT2D eigenvalue weighted by atomic mass is 32.2. The highest BCUT2D eigenvalue weighted by Crippen LogP contribution is 2.18. The normalized spacial score (nSPS) is 10.7. The average molecular weight is 306 g/mol. The molecule has 2 aromatic carbocycles. The van der Waals surface area contributed by atoms with E-state index in [1.54, 1.807) is 13.0 Å². The van der Waals surface area contributed by atoms with E-state index in [2.05, 4.69) is 31.2 Å². The van der Waals surface area contributed by atoms with Crippen LogP contribution >= 0.6 is 0 Å². The second kappa shape index (κ2) is 7.96. The Hall–Kier alpha value is -1.65. The zero-order valence-corrected chi connectivity index (χ0v) is 13.5. The minimum absolute atomic E-state index is 0.00634. The Morgan fingerprint density at radius 1 is 0.905 bits per heavy atom. The van der Waals surface area contributed by atoms with Crippen molar-refractivity contribution in [3.8, 4) is 0 Å². The SMILES string of the molecule is CCc1cccc(S(=O)(=O)O)c1C.CCc1ccccc1. The Morgan fingerprint density at radius 2 is 1.52 bits per heavy atom. The molecule has 21 heavy (non-hydrogen) atoms. The summed E-state index contributed by atoms with van der Waals surface area (Å²) in [5.41, 5.74) is 2.98. The van der Waals surface area contributed by atoms with E-state index in [1.807, 2.05) is 19.1 Å². The summed E-state index contributed by atoms with van der Waals surface area (Å²) >= 11 is 0. The van der Waals surface area contributed by atoms with Crippen molar-refractivity contribution in [2.45, 2.75) is 38.5 Å². The first kappa shape index (κ1) is 17.4. The molecule has 4 heteroatoms. The van der Waals surface area contributed by atoms with E-state index in [1.165, 1.54) is 11.6 Å². The first-order chi connectivity index (χ1) is 9.90. The molecule has 0 saturated carbocycles. The molecule has 0 unspecified atom stereocenters. The Kier molecular flexibility index (Phi) is 6.59. The van der Waals surface area contributed by atoms with Gasteiger partial charge in [0.15, 0.2) is 0 Å². The Labute approximate surface area is 127 Å². The van der Waals surface area contributed by atoms with E-state index in [9.17, 15) is 8.42 Å². The summed E-state index contributed by atoms with van der Waals surface area (Å²) in [6.45, 7) is 5.80. The molecule has 0 aliphatic heterocycles. The number of hydrogen-bond donors (Lipinski definition) is 1. The van der Waals surface area contributed by atoms with E-state index >= 15 is 0 Å². The molecule has 0 aromatic heterocycles. The molecule has 2 aromatic rings. The molecule has 0 fully saturated rings. The van der Waals surface area contributed by atoms with Crippen LogP contribution in [0.5, 0.6) is 0 Å². The van der Waals surface area contributed by atoms with Crippen LogP contribution < -0.4 is 0 Å². The Balaban J connectivity index is 0.000000235. The maximum atomic E-state index is 10.9. The fraction of sp³-hybridized carbons (Fsp3) is 0.294. The van der Waals surface area contributed by atoms with Gasteiger partial charge in [-0.05, 0) is 42.5 Å². The van der Waals surface area contributed by atoms with Crippen molar-refractivity contribution in [1.82, 2.24) is 0 Å². The van der Waals surface area contributed by atoms with E-state index in [0.29, 0.717) is 5.56 Å². The standard InChI is InChI=1S/C9H12O3S.C8H10/c1-3-8-5-4-6-9(7(8)2)13(10,11)12;1-2-8-6-4-3-5-7-8/h4-6H,3H2,1-2H3,(H,10,11,12);3-7H,2H2,1H3. The summed E-state index contributed by atoms with van der Waals surface area (Å²) in [6.07, 6.45) is 1.90. The Bertz CT molecular complexity index is 662. The van der Waals surface area contributed by atoms with Gasteiger partial charge in [0.1, 0.15) is 0 Å². The van der Waals surface area contributed by atoms with Crippen LogP contribution in [-0.4, -0.2) is 13.0 Å². The van der Waals surface area contributed by atoms with Gasteiger partial charge in [0.2, 0.25) is 0 Å². The number of benzene rings is 2. The summed E-state index contributed by atoms with van der Waals surface area (Å²) in [5, 5.41) is 0. The minimum Gasteiger partial charge on any atom is -0.282 e. The van der Waals surface area contributed by atoms with Crippen LogP contribution in [-0.2, 0) is 23.0 Å². The van der Waals surface area contributed by atoms with Crippen molar-refractivity contribution in [2.24, 2.45) is 0 Å². The predicted octanol–water partition coefficient (Wildman–Crippen LogP) is 4.05. The van der Waals surface area contributed by atoms with Gasteiger partial charge in [-0.2, -0.15) is 8.42 Å². The lowest BCUT2D eigenvalue weighted by atomic mass is 10.1. The van der Waals surface area contributed by atoms with E-state index in [4.69, 9.17) is 4.55 Å². The molecule has 0 bridgehead atoms. The van der Waals surface area contributed by atoms with Crippen LogP contribution in [0, 0.1) is 6.92 Å². The Morgan fingerprint density at radius 3 is 1.95 bits per heavy atom. The highest BCUT2D eigenvalue weighted by Gasteiger charge is 2.13. The zero-order valence-electron chi connectivity index (χ0n) is 12.7. The topological polar surface area (TPSA) is 54.4 Å². The van der Waals surface area contributed by atoms with Crippen molar-refractivity contribution >= 4 is 10.1 Å². The molecular formula is C17H22O3S. The zero-order chi connectivity index (χ0) is 15.9. The predicted molar refractivity (Wildman–Crippen MR) is 86.2 cm³/mol. The van der Waals surface area contributed by atoms with Crippen LogP contribution in [0.25, 0.3) is 0 Å². The van der Waals surface area contributed by atoms with Crippen LogP contribution in [0.15, 0.2) is 53.4 Å². The molecule has 0 aliphatic rings. The molecule has 0 heterocycles. The minimum atomic E-state index is -4.07. The van der Waals surface area contributed by atoms with Gasteiger partial charge >= 0.3 is 0 Å². The fourth-order valence-corrected chi connectivity index (χ4v) is 2.80. The fourth-order valence-electron chi connectivity index (χ4n) is 2.04. The third-order valence-corrected chi connectivity index (χ3v) is 4.30. The van der Waals surface area contributed by atoms with Crippen molar-refractivity contribution < 1.29 is 13.0 Å². The molecule has 0 radical (unpaired) electrons. The van der Waals surface area contributed by atoms with Crippen molar-refractivity contribution in [3.63, 3.8) is 0 Å². The van der Waals surface area contributed by atoms with Crippen LogP contribution in [0.2, 0.25) is 0 Å². The third-order valence-electron chi connectivity index (χ3n) is 3.31. The monoisotopic (exact) mass is 306 g/mol. The lowest BCUT2D eigenvalue weighted by Gasteiger charge is -2.06. The molecule has 0 amide bonds. The molecule has 3 nitrogen and oxygen atoms in total. The van der Waals surface area contributed by atoms with E-state index in [0.717, 1.165) is 18.4 Å². The molecule has 1 N–H and O–H groups in total. The molecule has 0 aliphatic carbocycles. The molecule has 0 saturated heterocycles. The maximum Gasteiger partial charge on any atom is 0.294 e. The molecular weight excluding hydrogens is 284 g/mol. The lowest BCUT2D eigenvalue weighted by molar-refractivity contribution is 0.482. The van der Waals surface area contributed by atoms with Crippen LogP contribution in [0.3, 0.4) is 0 Å². The second-order valence-electron chi connectivity index (χ2n) is 4.71. The molecule has 0 spiro atoms. The van der Waals surface area contributed by atoms with Gasteiger partial charge in [-0.1, -0.05) is 56.3 Å². The van der Waals surface area contributed by atoms with Gasteiger partial charge < -0.3 is 0 Å². The molecule has 0 atom stereocenters. The summed E-state index contributed by atoms with van der Waals surface area (Å²) < 4.78 is 30.6. The number of hydrogen-bond acceptors (Lipinski definition) is 2. The molecule has 114 valence electrons. The van der Waals surface area contributed by atoms with Crippen molar-refractivity contribution in [2.75, 3.05) is 0 Å². The van der Waals surface area contributed by atoms with Gasteiger partial charge in [0.25, 0.3) is 10.1 Å². The summed E-state index contributed by atoms with van der Waals surface area (Å²) in [5.74, 6) is 0. The summed E-state index contributed by atoms with van der Waals surface area (Å²) in [6, 6.07) is 15.3. The second-order valence-corrected chi connectivity index (χ2v) is 6.10. The van der Waals surface area contributed by atoms with Crippen LogP contribution in [0.4, 0.5) is 0 Å². The van der Waals surface area contributed by atoms with Gasteiger partial charge in [-0.25, -0.2) is 0 Å². The van der Waals surface area contributed by atoms with Gasteiger partial charge in [0, 0.05) is 0 Å².